The van der Waals surface area contributed by atoms with E-state index in [1.54, 1.807) is 0 Å². The first kappa shape index (κ1) is 13.5. The Labute approximate surface area is 125 Å². The lowest BCUT2D eigenvalue weighted by molar-refractivity contribution is -0.0227. The minimum atomic E-state index is 0.303. The summed E-state index contributed by atoms with van der Waals surface area (Å²) in [6.07, 6.45) is 2.24. The minimum absolute atomic E-state index is 0.303. The molecule has 3 rings (SSSR count). The normalized spacial score (nSPS) is 21.7. The molecule has 0 saturated heterocycles. The number of rotatable bonds is 4. The molecule has 0 amide bonds. The van der Waals surface area contributed by atoms with Gasteiger partial charge in [0.1, 0.15) is 0 Å². The quantitative estimate of drug-likeness (QED) is 0.866. The highest BCUT2D eigenvalue weighted by Crippen LogP contribution is 2.36. The standard InChI is InChI=1S/C13H16BrN5O/c1-2-20-12-6-11(7-12)19-13(16-17-18-19)8-3-9(14)5-10(15)4-8/h3-5,11-12H,2,6-7,15H2,1H3. The average Bonchev–Trinajstić information content (AvgIpc) is 2.80. The summed E-state index contributed by atoms with van der Waals surface area (Å²) in [5.74, 6) is 0.748. The fourth-order valence-corrected chi connectivity index (χ4v) is 2.99. The first-order valence-electron chi connectivity index (χ1n) is 6.63. The van der Waals surface area contributed by atoms with Crippen molar-refractivity contribution >= 4 is 21.6 Å². The number of halogens is 1. The Morgan fingerprint density at radius 2 is 2.20 bits per heavy atom. The summed E-state index contributed by atoms with van der Waals surface area (Å²) < 4.78 is 8.37. The number of nitrogens with zero attached hydrogens (tertiary/aromatic N) is 4. The van der Waals surface area contributed by atoms with E-state index in [4.69, 9.17) is 10.5 Å². The third-order valence-electron chi connectivity index (χ3n) is 3.49. The van der Waals surface area contributed by atoms with Gasteiger partial charge in [-0.3, -0.25) is 0 Å². The van der Waals surface area contributed by atoms with Crippen molar-refractivity contribution in [2.24, 2.45) is 0 Å². The molecule has 0 spiro atoms. The van der Waals surface area contributed by atoms with E-state index in [2.05, 4.69) is 31.5 Å². The van der Waals surface area contributed by atoms with Gasteiger partial charge in [0, 0.05) is 22.3 Å². The summed E-state index contributed by atoms with van der Waals surface area (Å²) in [4.78, 5) is 0. The second-order valence-corrected chi connectivity index (χ2v) is 5.84. The number of hydrogen-bond acceptors (Lipinski definition) is 5. The average molecular weight is 338 g/mol. The van der Waals surface area contributed by atoms with Crippen LogP contribution in [0.4, 0.5) is 5.69 Å². The van der Waals surface area contributed by atoms with Crippen LogP contribution >= 0.6 is 15.9 Å². The minimum Gasteiger partial charge on any atom is -0.399 e. The largest absolute Gasteiger partial charge is 0.399 e. The number of nitrogen functional groups attached to an aromatic ring is 1. The number of nitrogens with two attached hydrogens (primary N) is 1. The van der Waals surface area contributed by atoms with Crippen molar-refractivity contribution in [3.05, 3.63) is 22.7 Å². The van der Waals surface area contributed by atoms with Gasteiger partial charge >= 0.3 is 0 Å². The summed E-state index contributed by atoms with van der Waals surface area (Å²) in [5, 5.41) is 12.0. The third kappa shape index (κ3) is 2.55. The second kappa shape index (κ2) is 5.49. The SMILES string of the molecule is CCOC1CC(n2nnnc2-c2cc(N)cc(Br)c2)C1. The van der Waals surface area contributed by atoms with Crippen molar-refractivity contribution in [1.29, 1.82) is 0 Å². The van der Waals surface area contributed by atoms with E-state index < -0.39 is 0 Å². The number of anilines is 1. The zero-order chi connectivity index (χ0) is 14.1. The van der Waals surface area contributed by atoms with Crippen LogP contribution in [0.1, 0.15) is 25.8 Å². The van der Waals surface area contributed by atoms with Crippen LogP contribution in [0, 0.1) is 0 Å². The second-order valence-electron chi connectivity index (χ2n) is 4.92. The number of tetrazole rings is 1. The molecule has 6 nitrogen and oxygen atoms in total. The lowest BCUT2D eigenvalue weighted by Gasteiger charge is -2.34. The number of benzene rings is 1. The number of hydrogen-bond donors (Lipinski definition) is 1. The van der Waals surface area contributed by atoms with Gasteiger partial charge in [0.25, 0.3) is 0 Å². The third-order valence-corrected chi connectivity index (χ3v) is 3.95. The molecule has 0 radical (unpaired) electrons. The van der Waals surface area contributed by atoms with Crippen molar-refractivity contribution in [2.75, 3.05) is 12.3 Å². The molecule has 1 heterocycles. The van der Waals surface area contributed by atoms with Gasteiger partial charge in [-0.15, -0.1) is 5.10 Å². The van der Waals surface area contributed by atoms with E-state index in [1.165, 1.54) is 0 Å². The Bertz CT molecular complexity index is 588. The summed E-state index contributed by atoms with van der Waals surface area (Å²) in [6.45, 7) is 2.77. The molecule has 2 aromatic rings. The van der Waals surface area contributed by atoms with Gasteiger partial charge in [-0.25, -0.2) is 4.68 Å². The molecule has 1 aliphatic rings. The summed E-state index contributed by atoms with van der Waals surface area (Å²) in [6, 6.07) is 6.01. The Balaban J connectivity index is 1.84. The molecule has 0 aliphatic heterocycles. The van der Waals surface area contributed by atoms with Gasteiger partial charge in [0.05, 0.1) is 12.1 Å². The molecule has 1 aromatic carbocycles. The van der Waals surface area contributed by atoms with E-state index in [0.717, 1.165) is 35.3 Å². The fraction of sp³-hybridized carbons (Fsp3) is 0.462. The number of ether oxygens (including phenoxy) is 1. The van der Waals surface area contributed by atoms with Crippen LogP contribution in [-0.4, -0.2) is 32.9 Å². The Kier molecular flexibility index (Phi) is 3.71. The van der Waals surface area contributed by atoms with E-state index in [1.807, 2.05) is 29.8 Å². The molecule has 0 unspecified atom stereocenters. The van der Waals surface area contributed by atoms with Crippen molar-refractivity contribution in [3.8, 4) is 11.4 Å². The lowest BCUT2D eigenvalue weighted by atomic mass is 9.89. The van der Waals surface area contributed by atoms with E-state index in [-0.39, 0.29) is 0 Å². The van der Waals surface area contributed by atoms with Gasteiger partial charge in [0.2, 0.25) is 0 Å². The van der Waals surface area contributed by atoms with E-state index >= 15 is 0 Å². The monoisotopic (exact) mass is 337 g/mol. The molecule has 1 aliphatic carbocycles. The van der Waals surface area contributed by atoms with Crippen LogP contribution in [0.15, 0.2) is 22.7 Å². The predicted octanol–water partition coefficient (Wildman–Crippen LogP) is 2.42. The van der Waals surface area contributed by atoms with Crippen LogP contribution in [-0.2, 0) is 4.74 Å². The fourth-order valence-electron chi connectivity index (χ4n) is 2.48. The van der Waals surface area contributed by atoms with E-state index in [9.17, 15) is 0 Å². The van der Waals surface area contributed by atoms with Crippen LogP contribution in [0.3, 0.4) is 0 Å². The molecule has 1 fully saturated rings. The molecule has 0 bridgehead atoms. The van der Waals surface area contributed by atoms with Gasteiger partial charge in [-0.1, -0.05) is 15.9 Å². The van der Waals surface area contributed by atoms with Crippen LogP contribution in [0.2, 0.25) is 0 Å². The van der Waals surface area contributed by atoms with Gasteiger partial charge < -0.3 is 10.5 Å². The van der Waals surface area contributed by atoms with Gasteiger partial charge in [-0.2, -0.15) is 0 Å². The molecule has 2 N–H and O–H groups in total. The van der Waals surface area contributed by atoms with Crippen LogP contribution < -0.4 is 5.73 Å². The Morgan fingerprint density at radius 3 is 2.90 bits per heavy atom. The topological polar surface area (TPSA) is 78.8 Å². The lowest BCUT2D eigenvalue weighted by Crippen LogP contribution is -2.34. The molecule has 20 heavy (non-hydrogen) atoms. The highest BCUT2D eigenvalue weighted by Gasteiger charge is 2.33. The van der Waals surface area contributed by atoms with Crippen molar-refractivity contribution in [2.45, 2.75) is 31.9 Å². The van der Waals surface area contributed by atoms with E-state index in [0.29, 0.717) is 17.8 Å². The predicted molar refractivity (Wildman–Crippen MR) is 79.1 cm³/mol. The van der Waals surface area contributed by atoms with Gasteiger partial charge in [0.15, 0.2) is 5.82 Å². The molecule has 1 aromatic heterocycles. The van der Waals surface area contributed by atoms with Gasteiger partial charge in [-0.05, 0) is 48.4 Å². The van der Waals surface area contributed by atoms with Crippen molar-refractivity contribution < 1.29 is 4.74 Å². The first-order chi connectivity index (χ1) is 9.67. The maximum Gasteiger partial charge on any atom is 0.182 e. The van der Waals surface area contributed by atoms with Crippen molar-refractivity contribution in [3.63, 3.8) is 0 Å². The Hall–Kier alpha value is -1.47. The first-order valence-corrected chi connectivity index (χ1v) is 7.42. The van der Waals surface area contributed by atoms with Crippen molar-refractivity contribution in [1.82, 2.24) is 20.2 Å². The summed E-state index contributed by atoms with van der Waals surface area (Å²) in [7, 11) is 0. The Morgan fingerprint density at radius 1 is 1.40 bits per heavy atom. The van der Waals surface area contributed by atoms with Crippen LogP contribution in [0.25, 0.3) is 11.4 Å². The highest BCUT2D eigenvalue weighted by atomic mass is 79.9. The molecule has 7 heteroatoms. The smallest absolute Gasteiger partial charge is 0.182 e. The molecule has 106 valence electrons. The zero-order valence-corrected chi connectivity index (χ0v) is 12.7. The zero-order valence-electron chi connectivity index (χ0n) is 11.2. The highest BCUT2D eigenvalue weighted by molar-refractivity contribution is 9.10. The maximum absolute atomic E-state index is 5.87. The maximum atomic E-state index is 5.87. The summed E-state index contributed by atoms with van der Waals surface area (Å²) in [5.41, 5.74) is 7.48. The van der Waals surface area contributed by atoms with Crippen LogP contribution in [0.5, 0.6) is 0 Å². The molecule has 1 saturated carbocycles. The molecule has 0 atom stereocenters. The molecular formula is C13H16BrN5O. The summed E-state index contributed by atoms with van der Waals surface area (Å²) >= 11 is 3.44. The molecular weight excluding hydrogens is 322 g/mol. The number of aromatic nitrogens is 4.